The van der Waals surface area contributed by atoms with Crippen LogP contribution in [0.4, 0.5) is 5.69 Å². The average Bonchev–Trinajstić information content (AvgIpc) is 2.01. The summed E-state index contributed by atoms with van der Waals surface area (Å²) in [6.45, 7) is 1.16. The molecule has 1 aromatic rings. The van der Waals surface area contributed by atoms with Gasteiger partial charge in [-0.1, -0.05) is 12.1 Å². The summed E-state index contributed by atoms with van der Waals surface area (Å²) in [4.78, 5) is 20.5. The fraction of sp³-hybridized carbons (Fsp3) is 0.222. The Balaban J connectivity index is 2.78. The SMILES string of the molecule is CC(=O)Nc1cccc(C[N+](=O)[O-])c1. The molecule has 0 fully saturated rings. The van der Waals surface area contributed by atoms with Crippen molar-refractivity contribution in [2.24, 2.45) is 0 Å². The van der Waals surface area contributed by atoms with Crippen molar-refractivity contribution in [1.29, 1.82) is 0 Å². The van der Waals surface area contributed by atoms with Crippen LogP contribution in [0.3, 0.4) is 0 Å². The Hall–Kier alpha value is -1.91. The van der Waals surface area contributed by atoms with Crippen molar-refractivity contribution in [2.75, 3.05) is 5.32 Å². The Morgan fingerprint density at radius 1 is 1.57 bits per heavy atom. The van der Waals surface area contributed by atoms with E-state index >= 15 is 0 Å². The van der Waals surface area contributed by atoms with E-state index in [9.17, 15) is 14.9 Å². The zero-order valence-corrected chi connectivity index (χ0v) is 7.69. The monoisotopic (exact) mass is 194 g/mol. The molecule has 1 N–H and O–H groups in total. The number of anilines is 1. The molecule has 0 saturated carbocycles. The topological polar surface area (TPSA) is 72.2 Å². The molecule has 1 aromatic carbocycles. The number of rotatable bonds is 3. The third kappa shape index (κ3) is 3.22. The van der Waals surface area contributed by atoms with Crippen LogP contribution in [0.15, 0.2) is 24.3 Å². The van der Waals surface area contributed by atoms with E-state index in [4.69, 9.17) is 0 Å². The summed E-state index contributed by atoms with van der Waals surface area (Å²) in [5, 5.41) is 12.8. The molecular weight excluding hydrogens is 184 g/mol. The second-order valence-corrected chi connectivity index (χ2v) is 2.87. The Labute approximate surface area is 80.9 Å². The number of benzene rings is 1. The normalized spacial score (nSPS) is 9.50. The van der Waals surface area contributed by atoms with Gasteiger partial charge in [0.2, 0.25) is 12.5 Å². The molecule has 5 nitrogen and oxygen atoms in total. The van der Waals surface area contributed by atoms with Gasteiger partial charge in [-0.2, -0.15) is 0 Å². The van der Waals surface area contributed by atoms with Crippen molar-refractivity contribution in [3.05, 3.63) is 39.9 Å². The van der Waals surface area contributed by atoms with Gasteiger partial charge in [0.15, 0.2) is 0 Å². The van der Waals surface area contributed by atoms with Crippen LogP contribution in [0.1, 0.15) is 12.5 Å². The van der Waals surface area contributed by atoms with Crippen molar-refractivity contribution in [2.45, 2.75) is 13.5 Å². The molecule has 0 aliphatic rings. The van der Waals surface area contributed by atoms with E-state index in [0.29, 0.717) is 11.3 Å². The fourth-order valence-electron chi connectivity index (χ4n) is 1.10. The first kappa shape index (κ1) is 10.2. The van der Waals surface area contributed by atoms with Gasteiger partial charge in [-0.3, -0.25) is 14.9 Å². The second-order valence-electron chi connectivity index (χ2n) is 2.87. The molecule has 74 valence electrons. The number of hydrogen-bond acceptors (Lipinski definition) is 3. The molecule has 0 aliphatic carbocycles. The Bertz CT molecular complexity index is 332. The van der Waals surface area contributed by atoms with Gasteiger partial charge in [0.1, 0.15) is 0 Å². The minimum atomic E-state index is -0.410. The first-order chi connectivity index (χ1) is 6.58. The molecule has 0 heterocycles. The molecule has 1 rings (SSSR count). The molecule has 0 unspecified atom stereocenters. The molecule has 0 radical (unpaired) electrons. The number of nitro groups is 1. The minimum Gasteiger partial charge on any atom is -0.326 e. The second kappa shape index (κ2) is 4.36. The zero-order chi connectivity index (χ0) is 10.6. The van der Waals surface area contributed by atoms with E-state index < -0.39 is 4.92 Å². The molecule has 0 bridgehead atoms. The lowest BCUT2D eigenvalue weighted by molar-refractivity contribution is -0.496. The van der Waals surface area contributed by atoms with Crippen LogP contribution in [-0.2, 0) is 11.3 Å². The number of amides is 1. The van der Waals surface area contributed by atoms with Crippen LogP contribution in [0.5, 0.6) is 0 Å². The highest BCUT2D eigenvalue weighted by Gasteiger charge is 2.02. The lowest BCUT2D eigenvalue weighted by Gasteiger charge is -2.02. The van der Waals surface area contributed by atoms with Gasteiger partial charge in [-0.05, 0) is 12.1 Å². The smallest absolute Gasteiger partial charge is 0.229 e. The maximum absolute atomic E-state index is 10.7. The molecule has 0 atom stereocenters. The van der Waals surface area contributed by atoms with E-state index in [1.165, 1.54) is 6.92 Å². The van der Waals surface area contributed by atoms with Crippen molar-refractivity contribution in [3.8, 4) is 0 Å². The molecule has 0 saturated heterocycles. The summed E-state index contributed by atoms with van der Waals surface area (Å²) in [6, 6.07) is 6.59. The molecule has 14 heavy (non-hydrogen) atoms. The Morgan fingerprint density at radius 2 is 2.29 bits per heavy atom. The summed E-state index contributed by atoms with van der Waals surface area (Å²) in [6.07, 6.45) is 0. The quantitative estimate of drug-likeness (QED) is 0.584. The number of carbonyl (C=O) groups is 1. The predicted molar refractivity (Wildman–Crippen MR) is 51.4 cm³/mol. The summed E-state index contributed by atoms with van der Waals surface area (Å²) in [5.74, 6) is -0.191. The maximum Gasteiger partial charge on any atom is 0.229 e. The summed E-state index contributed by atoms with van der Waals surface area (Å²) >= 11 is 0. The van der Waals surface area contributed by atoms with Crippen LogP contribution in [0.25, 0.3) is 0 Å². The highest BCUT2D eigenvalue weighted by Crippen LogP contribution is 2.10. The van der Waals surface area contributed by atoms with E-state index in [-0.39, 0.29) is 12.5 Å². The highest BCUT2D eigenvalue weighted by atomic mass is 16.6. The van der Waals surface area contributed by atoms with Gasteiger partial charge in [0.05, 0.1) is 0 Å². The van der Waals surface area contributed by atoms with Crippen LogP contribution in [0.2, 0.25) is 0 Å². The van der Waals surface area contributed by atoms with Crippen molar-refractivity contribution in [3.63, 3.8) is 0 Å². The van der Waals surface area contributed by atoms with Gasteiger partial charge in [-0.25, -0.2) is 0 Å². The first-order valence-corrected chi connectivity index (χ1v) is 4.06. The molecule has 0 aromatic heterocycles. The van der Waals surface area contributed by atoms with Crippen LogP contribution in [-0.4, -0.2) is 10.8 Å². The average molecular weight is 194 g/mol. The highest BCUT2D eigenvalue weighted by molar-refractivity contribution is 5.88. The fourth-order valence-corrected chi connectivity index (χ4v) is 1.10. The summed E-state index contributed by atoms with van der Waals surface area (Å²) in [7, 11) is 0. The van der Waals surface area contributed by atoms with Gasteiger partial charge in [0.25, 0.3) is 0 Å². The van der Waals surface area contributed by atoms with E-state index in [1.54, 1.807) is 24.3 Å². The largest absolute Gasteiger partial charge is 0.326 e. The maximum atomic E-state index is 10.7. The standard InChI is InChI=1S/C9H10N2O3/c1-7(12)10-9-4-2-3-8(5-9)6-11(13)14/h2-5H,6H2,1H3,(H,10,12). The molecule has 5 heteroatoms. The molecular formula is C9H10N2O3. The lowest BCUT2D eigenvalue weighted by Crippen LogP contribution is -2.06. The van der Waals surface area contributed by atoms with Gasteiger partial charge >= 0.3 is 0 Å². The predicted octanol–water partition coefficient (Wildman–Crippen LogP) is 1.42. The minimum absolute atomic E-state index is 0.191. The summed E-state index contributed by atoms with van der Waals surface area (Å²) in [5.41, 5.74) is 1.15. The van der Waals surface area contributed by atoms with Gasteiger partial charge in [0, 0.05) is 23.1 Å². The lowest BCUT2D eigenvalue weighted by atomic mass is 10.2. The number of nitrogens with zero attached hydrogens (tertiary/aromatic N) is 1. The summed E-state index contributed by atoms with van der Waals surface area (Å²) < 4.78 is 0. The Kier molecular flexibility index (Phi) is 3.17. The van der Waals surface area contributed by atoms with Gasteiger partial charge in [-0.15, -0.1) is 0 Å². The Morgan fingerprint density at radius 3 is 2.86 bits per heavy atom. The third-order valence-corrected chi connectivity index (χ3v) is 1.56. The van der Waals surface area contributed by atoms with E-state index in [1.807, 2.05) is 0 Å². The zero-order valence-electron chi connectivity index (χ0n) is 7.69. The number of carbonyl (C=O) groups excluding carboxylic acids is 1. The molecule has 0 aliphatic heterocycles. The van der Waals surface area contributed by atoms with Crippen molar-refractivity contribution < 1.29 is 9.72 Å². The third-order valence-electron chi connectivity index (χ3n) is 1.56. The van der Waals surface area contributed by atoms with Crippen LogP contribution in [0, 0.1) is 10.1 Å². The van der Waals surface area contributed by atoms with Crippen LogP contribution < -0.4 is 5.32 Å². The number of hydrogen-bond donors (Lipinski definition) is 1. The number of nitrogens with one attached hydrogen (secondary N) is 1. The van der Waals surface area contributed by atoms with Gasteiger partial charge < -0.3 is 5.32 Å². The van der Waals surface area contributed by atoms with Crippen molar-refractivity contribution in [1.82, 2.24) is 0 Å². The first-order valence-electron chi connectivity index (χ1n) is 4.06. The molecule has 0 spiro atoms. The van der Waals surface area contributed by atoms with Crippen molar-refractivity contribution >= 4 is 11.6 Å². The van der Waals surface area contributed by atoms with Crippen LogP contribution >= 0.6 is 0 Å². The van der Waals surface area contributed by atoms with E-state index in [0.717, 1.165) is 0 Å². The van der Waals surface area contributed by atoms with E-state index in [2.05, 4.69) is 5.32 Å². The molecule has 1 amide bonds.